The standard InChI is InChI=1S/C28H25O6P/c1-3-33-22-15-13-18-9-5-7-11-20(18)25(22)27(31)35(17-24(29)30)28(32)26-21-12-8-6-10-19(21)14-16-23(26)34-4-2/h5-16H,3-4,17H2,1-2H3,(H,29,30). The number of ether oxygens (including phenoxy) is 2. The third-order valence-electron chi connectivity index (χ3n) is 5.59. The van der Waals surface area contributed by atoms with Gasteiger partial charge in [-0.05, 0) is 47.5 Å². The minimum Gasteiger partial charge on any atom is -0.493 e. The number of carbonyl (C=O) groups excluding carboxylic acids is 2. The average molecular weight is 488 g/mol. The highest BCUT2D eigenvalue weighted by Crippen LogP contribution is 2.49. The van der Waals surface area contributed by atoms with Gasteiger partial charge >= 0.3 is 5.97 Å². The number of hydrogen-bond donors (Lipinski definition) is 1. The summed E-state index contributed by atoms with van der Waals surface area (Å²) < 4.78 is 11.5. The van der Waals surface area contributed by atoms with Crippen molar-refractivity contribution in [2.24, 2.45) is 0 Å². The maximum Gasteiger partial charge on any atom is 0.308 e. The topological polar surface area (TPSA) is 89.9 Å². The summed E-state index contributed by atoms with van der Waals surface area (Å²) in [4.78, 5) is 39.9. The Morgan fingerprint density at radius 1 is 0.686 bits per heavy atom. The molecule has 178 valence electrons. The summed E-state index contributed by atoms with van der Waals surface area (Å²) in [5.74, 6) is -0.538. The fourth-order valence-corrected chi connectivity index (χ4v) is 5.88. The van der Waals surface area contributed by atoms with E-state index in [2.05, 4.69) is 0 Å². The first-order valence-corrected chi connectivity index (χ1v) is 12.9. The molecule has 4 rings (SSSR count). The van der Waals surface area contributed by atoms with Crippen LogP contribution in [-0.4, -0.2) is 41.5 Å². The molecular formula is C28H25O6P. The Bertz CT molecular complexity index is 1330. The van der Waals surface area contributed by atoms with Crippen molar-refractivity contribution in [1.29, 1.82) is 0 Å². The van der Waals surface area contributed by atoms with Crippen LogP contribution in [0.15, 0.2) is 72.8 Å². The van der Waals surface area contributed by atoms with Crippen LogP contribution in [0.25, 0.3) is 21.5 Å². The van der Waals surface area contributed by atoms with Crippen molar-refractivity contribution >= 4 is 46.5 Å². The van der Waals surface area contributed by atoms with E-state index in [1.54, 1.807) is 50.2 Å². The quantitative estimate of drug-likeness (QED) is 0.262. The summed E-state index contributed by atoms with van der Waals surface area (Å²) in [6.07, 6.45) is -0.587. The van der Waals surface area contributed by atoms with E-state index in [9.17, 15) is 19.5 Å². The number of carboxylic acid groups (broad SMARTS) is 1. The Kier molecular flexibility index (Phi) is 7.42. The second-order valence-electron chi connectivity index (χ2n) is 7.78. The lowest BCUT2D eigenvalue weighted by Gasteiger charge is -2.20. The summed E-state index contributed by atoms with van der Waals surface area (Å²) in [7, 11) is -2.31. The van der Waals surface area contributed by atoms with Gasteiger partial charge in [-0.15, -0.1) is 0 Å². The van der Waals surface area contributed by atoms with Crippen LogP contribution in [0, 0.1) is 0 Å². The first kappa shape index (κ1) is 24.4. The van der Waals surface area contributed by atoms with E-state index < -0.39 is 31.1 Å². The molecule has 0 aliphatic rings. The van der Waals surface area contributed by atoms with E-state index in [1.165, 1.54) is 0 Å². The molecule has 0 saturated heterocycles. The first-order chi connectivity index (χ1) is 17.0. The zero-order chi connectivity index (χ0) is 24.9. The smallest absolute Gasteiger partial charge is 0.308 e. The Morgan fingerprint density at radius 3 is 1.51 bits per heavy atom. The van der Waals surface area contributed by atoms with Gasteiger partial charge in [0.2, 0.25) is 0 Å². The van der Waals surface area contributed by atoms with Crippen molar-refractivity contribution in [3.63, 3.8) is 0 Å². The minimum atomic E-state index is -2.31. The van der Waals surface area contributed by atoms with Crippen molar-refractivity contribution < 1.29 is 29.0 Å². The number of hydrogen-bond acceptors (Lipinski definition) is 5. The molecule has 0 spiro atoms. The Balaban J connectivity index is 1.92. The van der Waals surface area contributed by atoms with Gasteiger partial charge < -0.3 is 14.6 Å². The van der Waals surface area contributed by atoms with Crippen molar-refractivity contribution in [2.45, 2.75) is 13.8 Å². The predicted octanol–water partition coefficient (Wildman–Crippen LogP) is 6.34. The van der Waals surface area contributed by atoms with E-state index in [0.29, 0.717) is 35.5 Å². The van der Waals surface area contributed by atoms with Crippen LogP contribution >= 0.6 is 7.92 Å². The molecule has 0 unspecified atom stereocenters. The van der Waals surface area contributed by atoms with E-state index in [4.69, 9.17) is 9.47 Å². The lowest BCUT2D eigenvalue weighted by atomic mass is 10.0. The molecule has 0 heterocycles. The van der Waals surface area contributed by atoms with Crippen LogP contribution < -0.4 is 9.47 Å². The maximum absolute atomic E-state index is 14.0. The molecule has 0 fully saturated rings. The lowest BCUT2D eigenvalue weighted by Crippen LogP contribution is -2.16. The Labute approximate surface area is 204 Å². The monoisotopic (exact) mass is 488 g/mol. The second kappa shape index (κ2) is 10.7. The fourth-order valence-electron chi connectivity index (χ4n) is 4.14. The zero-order valence-corrected chi connectivity index (χ0v) is 20.4. The van der Waals surface area contributed by atoms with E-state index >= 15 is 0 Å². The molecular weight excluding hydrogens is 463 g/mol. The van der Waals surface area contributed by atoms with E-state index in [0.717, 1.165) is 10.8 Å². The molecule has 0 saturated carbocycles. The van der Waals surface area contributed by atoms with Gasteiger partial charge in [0.05, 0.1) is 38.4 Å². The van der Waals surface area contributed by atoms with Crippen molar-refractivity contribution in [3.8, 4) is 11.5 Å². The normalized spacial score (nSPS) is 11.1. The molecule has 0 aromatic heterocycles. The molecule has 4 aromatic carbocycles. The van der Waals surface area contributed by atoms with Gasteiger partial charge in [-0.2, -0.15) is 0 Å². The SMILES string of the molecule is CCOc1ccc2ccccc2c1C(=O)P(CC(=O)O)C(=O)c1c(OCC)ccc2ccccc12. The highest BCUT2D eigenvalue weighted by molar-refractivity contribution is 7.91. The summed E-state index contributed by atoms with van der Waals surface area (Å²) >= 11 is 0. The molecule has 0 aliphatic heterocycles. The largest absolute Gasteiger partial charge is 0.493 e. The molecule has 0 aliphatic carbocycles. The average Bonchev–Trinajstić information content (AvgIpc) is 2.86. The van der Waals surface area contributed by atoms with Crippen LogP contribution in [0.4, 0.5) is 0 Å². The van der Waals surface area contributed by atoms with Gasteiger partial charge in [-0.25, -0.2) is 0 Å². The number of rotatable bonds is 10. The summed E-state index contributed by atoms with van der Waals surface area (Å²) in [6, 6.07) is 21.7. The predicted molar refractivity (Wildman–Crippen MR) is 138 cm³/mol. The van der Waals surface area contributed by atoms with Crippen LogP contribution in [-0.2, 0) is 4.79 Å². The molecule has 1 N–H and O–H groups in total. The number of fused-ring (bicyclic) bond motifs is 2. The van der Waals surface area contributed by atoms with E-state index in [1.807, 2.05) is 36.4 Å². The second-order valence-corrected chi connectivity index (χ2v) is 9.76. The van der Waals surface area contributed by atoms with Crippen molar-refractivity contribution in [2.75, 3.05) is 19.4 Å². The van der Waals surface area contributed by atoms with Gasteiger partial charge in [-0.3, -0.25) is 14.4 Å². The van der Waals surface area contributed by atoms with Gasteiger partial charge in [0.1, 0.15) is 11.5 Å². The third-order valence-corrected chi connectivity index (χ3v) is 7.61. The van der Waals surface area contributed by atoms with Crippen molar-refractivity contribution in [3.05, 3.63) is 83.9 Å². The molecule has 4 aromatic rings. The molecule has 7 heteroatoms. The van der Waals surface area contributed by atoms with Crippen LogP contribution in [0.3, 0.4) is 0 Å². The Hall–Kier alpha value is -3.76. The minimum absolute atomic E-state index is 0.240. The van der Waals surface area contributed by atoms with Gasteiger partial charge in [-0.1, -0.05) is 60.7 Å². The van der Waals surface area contributed by atoms with Gasteiger partial charge in [0, 0.05) is 0 Å². The number of benzene rings is 4. The lowest BCUT2D eigenvalue weighted by molar-refractivity contribution is -0.134. The van der Waals surface area contributed by atoms with Crippen molar-refractivity contribution in [1.82, 2.24) is 0 Å². The number of carbonyl (C=O) groups is 3. The molecule has 35 heavy (non-hydrogen) atoms. The highest BCUT2D eigenvalue weighted by atomic mass is 31.1. The van der Waals surface area contributed by atoms with Gasteiger partial charge in [0.15, 0.2) is 11.0 Å². The molecule has 0 amide bonds. The molecule has 6 nitrogen and oxygen atoms in total. The first-order valence-electron chi connectivity index (χ1n) is 11.3. The molecule has 0 bridgehead atoms. The third kappa shape index (κ3) is 4.89. The van der Waals surface area contributed by atoms with Crippen LogP contribution in [0.2, 0.25) is 0 Å². The number of aliphatic carboxylic acids is 1. The maximum atomic E-state index is 14.0. The van der Waals surface area contributed by atoms with E-state index in [-0.39, 0.29) is 11.1 Å². The summed E-state index contributed by atoms with van der Waals surface area (Å²) in [5, 5.41) is 12.5. The Morgan fingerprint density at radius 2 is 1.11 bits per heavy atom. The zero-order valence-electron chi connectivity index (χ0n) is 19.5. The summed E-state index contributed by atoms with van der Waals surface area (Å²) in [6.45, 7) is 4.25. The van der Waals surface area contributed by atoms with Gasteiger partial charge in [0.25, 0.3) is 0 Å². The van der Waals surface area contributed by atoms with Crippen LogP contribution in [0.5, 0.6) is 11.5 Å². The number of carboxylic acids is 1. The molecule has 0 radical (unpaired) electrons. The fraction of sp³-hybridized carbons (Fsp3) is 0.179. The summed E-state index contributed by atoms with van der Waals surface area (Å²) in [5.41, 5.74) is -0.571. The highest BCUT2D eigenvalue weighted by Gasteiger charge is 2.35. The molecule has 0 atom stereocenters. The van der Waals surface area contributed by atoms with Crippen LogP contribution in [0.1, 0.15) is 34.6 Å².